The van der Waals surface area contributed by atoms with E-state index in [1.54, 1.807) is 18.1 Å². The molecule has 98 valence electrons. The lowest BCUT2D eigenvalue weighted by atomic mass is 10.2. The molecule has 2 N–H and O–H groups in total. The van der Waals surface area contributed by atoms with Crippen LogP contribution in [0.15, 0.2) is 12.3 Å². The summed E-state index contributed by atoms with van der Waals surface area (Å²) in [7, 11) is 1.64. The molecule has 0 unspecified atom stereocenters. The third kappa shape index (κ3) is 2.57. The molecule has 2 rings (SSSR count). The van der Waals surface area contributed by atoms with Gasteiger partial charge < -0.3 is 15.4 Å². The number of pyridine rings is 1. The van der Waals surface area contributed by atoms with Gasteiger partial charge in [0.1, 0.15) is 5.82 Å². The Bertz CT molecular complexity index is 453. The molecule has 1 amide bonds. The highest BCUT2D eigenvalue weighted by Gasteiger charge is 2.30. The van der Waals surface area contributed by atoms with Crippen LogP contribution in [0.3, 0.4) is 0 Å². The van der Waals surface area contributed by atoms with Gasteiger partial charge in [0.05, 0.1) is 23.2 Å². The standard InChI is InChI=1S/C12H16ClN3O2/c1-18-7-9-3-2-4-16(9)12(17)10-5-8(13)6-15-11(10)14/h5-6,9H,2-4,7H2,1H3,(H2,14,15)/t9-/m1/s1. The number of amides is 1. The van der Waals surface area contributed by atoms with Crippen molar-refractivity contribution in [3.8, 4) is 0 Å². The van der Waals surface area contributed by atoms with Crippen LogP contribution in [-0.2, 0) is 4.74 Å². The molecular formula is C12H16ClN3O2. The van der Waals surface area contributed by atoms with Crippen LogP contribution in [0.4, 0.5) is 5.82 Å². The molecule has 1 atom stereocenters. The predicted molar refractivity (Wildman–Crippen MR) is 69.6 cm³/mol. The van der Waals surface area contributed by atoms with E-state index in [1.807, 2.05) is 0 Å². The number of nitrogen functional groups attached to an aromatic ring is 1. The van der Waals surface area contributed by atoms with Crippen molar-refractivity contribution in [3.05, 3.63) is 22.8 Å². The fourth-order valence-corrected chi connectivity index (χ4v) is 2.40. The number of likely N-dealkylation sites (tertiary alicyclic amines) is 1. The Morgan fingerprint density at radius 2 is 2.50 bits per heavy atom. The zero-order valence-corrected chi connectivity index (χ0v) is 11.0. The maximum atomic E-state index is 12.4. The van der Waals surface area contributed by atoms with Gasteiger partial charge in [0, 0.05) is 19.9 Å². The lowest BCUT2D eigenvalue weighted by molar-refractivity contribution is 0.0631. The van der Waals surface area contributed by atoms with Gasteiger partial charge in [0.15, 0.2) is 0 Å². The maximum absolute atomic E-state index is 12.4. The molecule has 6 heteroatoms. The number of methoxy groups -OCH3 is 1. The molecule has 0 saturated carbocycles. The second-order valence-electron chi connectivity index (χ2n) is 4.34. The molecule has 0 aromatic carbocycles. The van der Waals surface area contributed by atoms with Gasteiger partial charge in [-0.05, 0) is 18.9 Å². The first-order chi connectivity index (χ1) is 8.63. The maximum Gasteiger partial charge on any atom is 0.257 e. The minimum Gasteiger partial charge on any atom is -0.383 e. The molecule has 1 aromatic heterocycles. The van der Waals surface area contributed by atoms with Gasteiger partial charge in [0.25, 0.3) is 5.91 Å². The molecule has 1 fully saturated rings. The first-order valence-corrected chi connectivity index (χ1v) is 6.22. The van der Waals surface area contributed by atoms with E-state index in [9.17, 15) is 4.79 Å². The third-order valence-corrected chi connectivity index (χ3v) is 3.32. The van der Waals surface area contributed by atoms with Gasteiger partial charge in [-0.1, -0.05) is 11.6 Å². The number of nitrogens with two attached hydrogens (primary N) is 1. The van der Waals surface area contributed by atoms with Gasteiger partial charge in [-0.15, -0.1) is 0 Å². The second kappa shape index (κ2) is 5.54. The van der Waals surface area contributed by atoms with E-state index in [-0.39, 0.29) is 17.8 Å². The van der Waals surface area contributed by atoms with Crippen molar-refractivity contribution >= 4 is 23.3 Å². The number of anilines is 1. The summed E-state index contributed by atoms with van der Waals surface area (Å²) in [4.78, 5) is 18.1. The van der Waals surface area contributed by atoms with Crippen LogP contribution in [0.5, 0.6) is 0 Å². The Balaban J connectivity index is 2.22. The van der Waals surface area contributed by atoms with E-state index < -0.39 is 0 Å². The minimum absolute atomic E-state index is 0.112. The van der Waals surface area contributed by atoms with Gasteiger partial charge in [0.2, 0.25) is 0 Å². The Kier molecular flexibility index (Phi) is 4.04. The number of hydrogen-bond donors (Lipinski definition) is 1. The van der Waals surface area contributed by atoms with Gasteiger partial charge in [-0.25, -0.2) is 4.98 Å². The molecule has 1 aromatic rings. The van der Waals surface area contributed by atoms with Crippen LogP contribution >= 0.6 is 11.6 Å². The van der Waals surface area contributed by atoms with Gasteiger partial charge in [-0.3, -0.25) is 4.79 Å². The van der Waals surface area contributed by atoms with Crippen LogP contribution in [0.2, 0.25) is 5.02 Å². The minimum atomic E-state index is -0.123. The zero-order chi connectivity index (χ0) is 13.1. The number of aromatic nitrogens is 1. The van der Waals surface area contributed by atoms with Crippen LogP contribution in [-0.4, -0.2) is 42.1 Å². The molecule has 0 aliphatic carbocycles. The molecule has 2 heterocycles. The summed E-state index contributed by atoms with van der Waals surface area (Å²) in [6, 6.07) is 1.68. The summed E-state index contributed by atoms with van der Waals surface area (Å²) in [5, 5.41) is 0.412. The average Bonchev–Trinajstić information content (AvgIpc) is 2.80. The summed E-state index contributed by atoms with van der Waals surface area (Å²) in [6.45, 7) is 1.26. The normalized spacial score (nSPS) is 19.2. The van der Waals surface area contributed by atoms with E-state index in [0.717, 1.165) is 19.4 Å². The first-order valence-electron chi connectivity index (χ1n) is 5.84. The van der Waals surface area contributed by atoms with Crippen molar-refractivity contribution in [3.63, 3.8) is 0 Å². The molecule has 1 aliphatic heterocycles. The SMILES string of the molecule is COC[C@H]1CCCN1C(=O)c1cc(Cl)cnc1N. The quantitative estimate of drug-likeness (QED) is 0.904. The van der Waals surface area contributed by atoms with E-state index in [1.165, 1.54) is 6.20 Å². The number of rotatable bonds is 3. The Morgan fingerprint density at radius 1 is 1.72 bits per heavy atom. The lowest BCUT2D eigenvalue weighted by Gasteiger charge is -2.24. The number of ether oxygens (including phenoxy) is 1. The summed E-state index contributed by atoms with van der Waals surface area (Å²) in [5.41, 5.74) is 6.10. The Labute approximate surface area is 111 Å². The van der Waals surface area contributed by atoms with Crippen LogP contribution in [0.25, 0.3) is 0 Å². The summed E-state index contributed by atoms with van der Waals surface area (Å²) in [5.74, 6) is 0.0921. The average molecular weight is 270 g/mol. The van der Waals surface area contributed by atoms with Crippen molar-refractivity contribution in [1.29, 1.82) is 0 Å². The molecule has 0 radical (unpaired) electrons. The van der Waals surface area contributed by atoms with Gasteiger partial charge in [-0.2, -0.15) is 0 Å². The predicted octanol–water partition coefficient (Wildman–Crippen LogP) is 1.57. The highest BCUT2D eigenvalue weighted by atomic mass is 35.5. The summed E-state index contributed by atoms with van der Waals surface area (Å²) >= 11 is 5.85. The van der Waals surface area contributed by atoms with Crippen molar-refractivity contribution in [2.45, 2.75) is 18.9 Å². The smallest absolute Gasteiger partial charge is 0.257 e. The van der Waals surface area contributed by atoms with Crippen molar-refractivity contribution < 1.29 is 9.53 Å². The Hall–Kier alpha value is -1.33. The molecule has 0 spiro atoms. The topological polar surface area (TPSA) is 68.5 Å². The molecule has 18 heavy (non-hydrogen) atoms. The van der Waals surface area contributed by atoms with Crippen molar-refractivity contribution in [2.24, 2.45) is 0 Å². The Morgan fingerprint density at radius 3 is 3.22 bits per heavy atom. The van der Waals surface area contributed by atoms with Crippen molar-refractivity contribution in [1.82, 2.24) is 9.88 Å². The summed E-state index contributed by atoms with van der Waals surface area (Å²) in [6.07, 6.45) is 3.37. The first kappa shape index (κ1) is 13.1. The number of hydrogen-bond acceptors (Lipinski definition) is 4. The highest BCUT2D eigenvalue weighted by Crippen LogP contribution is 2.23. The van der Waals surface area contributed by atoms with Crippen LogP contribution in [0.1, 0.15) is 23.2 Å². The van der Waals surface area contributed by atoms with Crippen LogP contribution < -0.4 is 5.73 Å². The molecule has 1 aliphatic rings. The lowest BCUT2D eigenvalue weighted by Crippen LogP contribution is -2.38. The number of nitrogens with zero attached hydrogens (tertiary/aromatic N) is 2. The van der Waals surface area contributed by atoms with E-state index in [4.69, 9.17) is 22.1 Å². The van der Waals surface area contributed by atoms with Crippen LogP contribution in [0, 0.1) is 0 Å². The van der Waals surface area contributed by atoms with E-state index in [2.05, 4.69) is 4.98 Å². The summed E-state index contributed by atoms with van der Waals surface area (Å²) < 4.78 is 5.13. The fraction of sp³-hybridized carbons (Fsp3) is 0.500. The second-order valence-corrected chi connectivity index (χ2v) is 4.77. The third-order valence-electron chi connectivity index (χ3n) is 3.11. The monoisotopic (exact) mass is 269 g/mol. The largest absolute Gasteiger partial charge is 0.383 e. The number of carbonyl (C=O) groups is 1. The van der Waals surface area contributed by atoms with Crippen molar-refractivity contribution in [2.75, 3.05) is 26.0 Å². The number of halogens is 1. The molecule has 0 bridgehead atoms. The van der Waals surface area contributed by atoms with Gasteiger partial charge >= 0.3 is 0 Å². The molecule has 5 nitrogen and oxygen atoms in total. The molecular weight excluding hydrogens is 254 g/mol. The number of carbonyl (C=O) groups excluding carboxylic acids is 1. The zero-order valence-electron chi connectivity index (χ0n) is 10.2. The molecule has 1 saturated heterocycles. The fourth-order valence-electron chi connectivity index (χ4n) is 2.24. The van der Waals surface area contributed by atoms with E-state index >= 15 is 0 Å². The highest BCUT2D eigenvalue weighted by molar-refractivity contribution is 6.31. The van der Waals surface area contributed by atoms with E-state index in [0.29, 0.717) is 17.2 Å².